The Morgan fingerprint density at radius 1 is 1.45 bits per heavy atom. The van der Waals surface area contributed by atoms with Crippen LogP contribution in [-0.2, 0) is 9.47 Å². The van der Waals surface area contributed by atoms with Crippen LogP contribution in [0.25, 0.3) is 0 Å². The number of rotatable bonds is 4. The molecular formula is C7H15NO3. The first-order valence-corrected chi connectivity index (χ1v) is 3.60. The second-order valence-electron chi connectivity index (χ2n) is 2.63. The number of amides is 1. The molecule has 0 aromatic heterocycles. The lowest BCUT2D eigenvalue weighted by Gasteiger charge is -2.13. The van der Waals surface area contributed by atoms with Crippen LogP contribution in [0.15, 0.2) is 0 Å². The van der Waals surface area contributed by atoms with Gasteiger partial charge in [-0.2, -0.15) is 0 Å². The molecular weight excluding hydrogens is 146 g/mol. The molecule has 1 atom stereocenters. The van der Waals surface area contributed by atoms with Crippen LogP contribution < -0.4 is 5.73 Å². The highest BCUT2D eigenvalue weighted by molar-refractivity contribution is 5.64. The van der Waals surface area contributed by atoms with Crippen LogP contribution in [0.4, 0.5) is 4.79 Å². The van der Waals surface area contributed by atoms with Crippen molar-refractivity contribution in [2.24, 2.45) is 5.73 Å². The van der Waals surface area contributed by atoms with Crippen molar-refractivity contribution in [2.45, 2.75) is 33.0 Å². The number of hydrogen-bond donors (Lipinski definition) is 1. The van der Waals surface area contributed by atoms with E-state index in [9.17, 15) is 4.79 Å². The normalized spacial score (nSPS) is 13.1. The van der Waals surface area contributed by atoms with Crippen LogP contribution in [0.1, 0.15) is 20.8 Å². The van der Waals surface area contributed by atoms with Gasteiger partial charge in [-0.15, -0.1) is 0 Å². The van der Waals surface area contributed by atoms with Crippen LogP contribution in [0.5, 0.6) is 0 Å². The van der Waals surface area contributed by atoms with E-state index in [4.69, 9.17) is 10.5 Å². The minimum Gasteiger partial charge on any atom is -0.444 e. The Bertz CT molecular complexity index is 125. The predicted octanol–water partition coefficient (Wildman–Crippen LogP) is 0.895. The molecule has 0 saturated heterocycles. The summed E-state index contributed by atoms with van der Waals surface area (Å²) in [6, 6.07) is 0. The Hall–Kier alpha value is -0.770. The van der Waals surface area contributed by atoms with Crippen LogP contribution >= 0.6 is 0 Å². The van der Waals surface area contributed by atoms with E-state index in [0.29, 0.717) is 6.61 Å². The molecule has 0 rings (SSSR count). The summed E-state index contributed by atoms with van der Waals surface area (Å²) in [6.45, 7) is 5.95. The molecule has 0 saturated carbocycles. The van der Waals surface area contributed by atoms with Gasteiger partial charge >= 0.3 is 6.09 Å². The van der Waals surface area contributed by atoms with Crippen LogP contribution in [-0.4, -0.2) is 24.9 Å². The zero-order chi connectivity index (χ0) is 8.85. The molecule has 66 valence electrons. The van der Waals surface area contributed by atoms with E-state index < -0.39 is 6.09 Å². The van der Waals surface area contributed by atoms with Gasteiger partial charge in [-0.05, 0) is 20.8 Å². The maximum atomic E-state index is 10.2. The molecule has 0 aliphatic rings. The van der Waals surface area contributed by atoms with E-state index >= 15 is 0 Å². The van der Waals surface area contributed by atoms with Gasteiger partial charge in [0, 0.05) is 0 Å². The monoisotopic (exact) mass is 161 g/mol. The largest absolute Gasteiger partial charge is 0.444 e. The van der Waals surface area contributed by atoms with E-state index in [1.54, 1.807) is 6.92 Å². The van der Waals surface area contributed by atoms with Gasteiger partial charge in [0.15, 0.2) is 0 Å². The van der Waals surface area contributed by atoms with Crippen molar-refractivity contribution in [3.8, 4) is 0 Å². The summed E-state index contributed by atoms with van der Waals surface area (Å²) in [7, 11) is 0. The molecule has 0 bridgehead atoms. The molecule has 0 heterocycles. The number of hydrogen-bond acceptors (Lipinski definition) is 3. The molecule has 0 radical (unpaired) electrons. The minimum absolute atomic E-state index is 0.147. The maximum absolute atomic E-state index is 10.2. The molecule has 1 amide bonds. The lowest BCUT2D eigenvalue weighted by molar-refractivity contribution is 0.00522. The average molecular weight is 161 g/mol. The third-order valence-corrected chi connectivity index (χ3v) is 0.982. The molecule has 4 nitrogen and oxygen atoms in total. The third kappa shape index (κ3) is 7.12. The molecule has 0 aliphatic carbocycles. The van der Waals surface area contributed by atoms with Crippen molar-refractivity contribution in [3.05, 3.63) is 0 Å². The standard InChI is InChI=1S/C7H15NO3/c1-5(2)10-4-6(3)11-7(8)9/h5-6H,4H2,1-3H3,(H2,8,9). The van der Waals surface area contributed by atoms with Crippen molar-refractivity contribution in [1.82, 2.24) is 0 Å². The highest BCUT2D eigenvalue weighted by Crippen LogP contribution is 1.95. The predicted molar refractivity (Wildman–Crippen MR) is 41.2 cm³/mol. The Kier molecular flexibility index (Phi) is 4.61. The number of nitrogens with two attached hydrogens (primary N) is 1. The summed E-state index contributed by atoms with van der Waals surface area (Å²) >= 11 is 0. The van der Waals surface area contributed by atoms with Crippen molar-refractivity contribution in [3.63, 3.8) is 0 Å². The van der Waals surface area contributed by atoms with Crippen LogP contribution in [0.2, 0.25) is 0 Å². The van der Waals surface area contributed by atoms with Crippen LogP contribution in [0.3, 0.4) is 0 Å². The highest BCUT2D eigenvalue weighted by Gasteiger charge is 2.06. The topological polar surface area (TPSA) is 61.6 Å². The SMILES string of the molecule is CC(C)OCC(C)OC(N)=O. The third-order valence-electron chi connectivity index (χ3n) is 0.982. The zero-order valence-corrected chi connectivity index (χ0v) is 7.16. The fraction of sp³-hybridized carbons (Fsp3) is 0.857. The van der Waals surface area contributed by atoms with Crippen molar-refractivity contribution >= 4 is 6.09 Å². The van der Waals surface area contributed by atoms with Gasteiger partial charge in [0.25, 0.3) is 0 Å². The maximum Gasteiger partial charge on any atom is 0.404 e. The van der Waals surface area contributed by atoms with Crippen molar-refractivity contribution in [2.75, 3.05) is 6.61 Å². The average Bonchev–Trinajstić information content (AvgIpc) is 1.82. The first-order chi connectivity index (χ1) is 5.02. The van der Waals surface area contributed by atoms with E-state index in [-0.39, 0.29) is 12.2 Å². The van der Waals surface area contributed by atoms with Gasteiger partial charge in [0.2, 0.25) is 0 Å². The number of carbonyl (C=O) groups excluding carboxylic acids is 1. The summed E-state index contributed by atoms with van der Waals surface area (Å²) < 4.78 is 9.79. The van der Waals surface area contributed by atoms with Crippen molar-refractivity contribution < 1.29 is 14.3 Å². The molecule has 0 spiro atoms. The van der Waals surface area contributed by atoms with Gasteiger partial charge in [0.05, 0.1) is 12.7 Å². The fourth-order valence-electron chi connectivity index (χ4n) is 0.560. The number of carbonyl (C=O) groups is 1. The smallest absolute Gasteiger partial charge is 0.404 e. The molecule has 0 aromatic carbocycles. The second-order valence-corrected chi connectivity index (χ2v) is 2.63. The molecule has 2 N–H and O–H groups in total. The summed E-state index contributed by atoms with van der Waals surface area (Å²) in [5, 5.41) is 0. The second kappa shape index (κ2) is 4.96. The Balaban J connectivity index is 3.37. The van der Waals surface area contributed by atoms with E-state index in [2.05, 4.69) is 4.74 Å². The first kappa shape index (κ1) is 10.2. The first-order valence-electron chi connectivity index (χ1n) is 3.60. The Labute approximate surface area is 66.7 Å². The quantitative estimate of drug-likeness (QED) is 0.666. The molecule has 0 aromatic rings. The van der Waals surface area contributed by atoms with E-state index in [0.717, 1.165) is 0 Å². The highest BCUT2D eigenvalue weighted by atomic mass is 16.6. The Morgan fingerprint density at radius 2 is 2.00 bits per heavy atom. The molecule has 11 heavy (non-hydrogen) atoms. The van der Waals surface area contributed by atoms with Gasteiger partial charge in [-0.25, -0.2) is 4.79 Å². The molecule has 1 unspecified atom stereocenters. The number of primary amides is 1. The molecule has 0 fully saturated rings. The van der Waals surface area contributed by atoms with Gasteiger partial charge < -0.3 is 15.2 Å². The van der Waals surface area contributed by atoms with Crippen molar-refractivity contribution in [1.29, 1.82) is 0 Å². The fourth-order valence-corrected chi connectivity index (χ4v) is 0.560. The lowest BCUT2D eigenvalue weighted by atomic mass is 10.4. The van der Waals surface area contributed by atoms with Gasteiger partial charge in [0.1, 0.15) is 6.10 Å². The van der Waals surface area contributed by atoms with E-state index in [1.807, 2.05) is 13.8 Å². The summed E-state index contributed by atoms with van der Waals surface area (Å²) in [4.78, 5) is 10.2. The van der Waals surface area contributed by atoms with Gasteiger partial charge in [-0.3, -0.25) is 0 Å². The molecule has 4 heteroatoms. The van der Waals surface area contributed by atoms with Crippen LogP contribution in [0, 0.1) is 0 Å². The minimum atomic E-state index is -0.759. The Morgan fingerprint density at radius 3 is 2.36 bits per heavy atom. The van der Waals surface area contributed by atoms with Gasteiger partial charge in [-0.1, -0.05) is 0 Å². The van der Waals surface area contributed by atoms with E-state index in [1.165, 1.54) is 0 Å². The zero-order valence-electron chi connectivity index (χ0n) is 7.16. The summed E-state index contributed by atoms with van der Waals surface area (Å²) in [5.74, 6) is 0. The number of ether oxygens (including phenoxy) is 2. The lowest BCUT2D eigenvalue weighted by Crippen LogP contribution is -2.25. The summed E-state index contributed by atoms with van der Waals surface area (Å²) in [5.41, 5.74) is 4.78. The summed E-state index contributed by atoms with van der Waals surface area (Å²) in [6.07, 6.45) is -0.881. The molecule has 0 aliphatic heterocycles.